The Balaban J connectivity index is 1.43. The molecule has 1 fully saturated rings. The number of aliphatic hydroxyl groups excluding tert-OH is 2. The number of rotatable bonds is 6. The number of nitrogens with zero attached hydrogens (tertiary/aromatic N) is 3. The van der Waals surface area contributed by atoms with Crippen LogP contribution in [0.25, 0.3) is 27.0 Å². The van der Waals surface area contributed by atoms with E-state index in [9.17, 15) is 18.6 Å². The van der Waals surface area contributed by atoms with Crippen molar-refractivity contribution >= 4 is 54.8 Å². The highest BCUT2D eigenvalue weighted by Crippen LogP contribution is 2.36. The van der Waals surface area contributed by atoms with Gasteiger partial charge < -0.3 is 15.5 Å². The van der Waals surface area contributed by atoms with Crippen molar-refractivity contribution in [2.75, 3.05) is 11.9 Å². The fraction of sp³-hybridized carbons (Fsp3) is 0.300. The maximum absolute atomic E-state index is 11.1. The molecule has 1 aliphatic rings. The van der Waals surface area contributed by atoms with E-state index in [0.29, 0.717) is 16.5 Å². The summed E-state index contributed by atoms with van der Waals surface area (Å²) < 4.78 is 29.4. The smallest absolute Gasteiger partial charge is 0.333 e. The standard InChI is InChI=1S/C20H20ClN5O5S2/c21-11-1-2-16-12(6-11)13(9-32-16)14-7-18-23-4-3-17(26(18)25-14)24-15-5-10(19(27)20(15)28)8-31-33(22,29)30/h1-4,6-7,9-10,15,19-20,24,27-28H,5,8H2,(H2,22,29,30). The summed E-state index contributed by atoms with van der Waals surface area (Å²) in [4.78, 5) is 4.38. The number of hydrogen-bond acceptors (Lipinski definition) is 9. The van der Waals surface area contributed by atoms with E-state index in [1.54, 1.807) is 28.1 Å². The monoisotopic (exact) mass is 509 g/mol. The fourth-order valence-electron chi connectivity index (χ4n) is 4.14. The Kier molecular flexibility index (Phi) is 5.77. The van der Waals surface area contributed by atoms with Crippen molar-refractivity contribution in [1.82, 2.24) is 14.6 Å². The van der Waals surface area contributed by atoms with Crippen LogP contribution in [0.2, 0.25) is 5.02 Å². The number of fused-ring (bicyclic) bond motifs is 2. The van der Waals surface area contributed by atoms with Gasteiger partial charge in [-0.25, -0.2) is 10.1 Å². The molecule has 0 radical (unpaired) electrons. The van der Waals surface area contributed by atoms with Gasteiger partial charge in [0.2, 0.25) is 0 Å². The first-order chi connectivity index (χ1) is 15.7. The van der Waals surface area contributed by atoms with Crippen LogP contribution >= 0.6 is 22.9 Å². The Morgan fingerprint density at radius 1 is 1.27 bits per heavy atom. The molecule has 1 saturated carbocycles. The average Bonchev–Trinajstić information content (AvgIpc) is 3.44. The molecular formula is C20H20ClN5O5S2. The van der Waals surface area contributed by atoms with E-state index in [0.717, 1.165) is 21.3 Å². The Hall–Kier alpha value is -2.32. The normalized spacial score (nSPS) is 23.5. The van der Waals surface area contributed by atoms with Crippen molar-refractivity contribution in [2.45, 2.75) is 24.7 Å². The van der Waals surface area contributed by atoms with Crippen molar-refractivity contribution in [3.05, 3.63) is 46.9 Å². The van der Waals surface area contributed by atoms with Crippen molar-refractivity contribution in [1.29, 1.82) is 0 Å². The number of aliphatic hydroxyl groups is 2. The molecule has 0 saturated heterocycles. The lowest BCUT2D eigenvalue weighted by atomic mass is 10.1. The van der Waals surface area contributed by atoms with E-state index in [1.165, 1.54) is 0 Å². The molecule has 0 aliphatic heterocycles. The van der Waals surface area contributed by atoms with E-state index in [1.807, 2.05) is 29.6 Å². The van der Waals surface area contributed by atoms with Crippen LogP contribution in [0.5, 0.6) is 0 Å². The molecule has 5 rings (SSSR count). The molecule has 5 N–H and O–H groups in total. The van der Waals surface area contributed by atoms with Gasteiger partial charge in [0.1, 0.15) is 11.9 Å². The Morgan fingerprint density at radius 3 is 2.88 bits per heavy atom. The summed E-state index contributed by atoms with van der Waals surface area (Å²) in [6.07, 6.45) is -0.425. The van der Waals surface area contributed by atoms with Crippen molar-refractivity contribution in [3.8, 4) is 11.3 Å². The number of halogens is 1. The Bertz CT molecular complexity index is 1440. The van der Waals surface area contributed by atoms with Crippen molar-refractivity contribution < 1.29 is 22.8 Å². The summed E-state index contributed by atoms with van der Waals surface area (Å²) >= 11 is 7.78. The molecule has 3 aromatic heterocycles. The second kappa shape index (κ2) is 8.47. The summed E-state index contributed by atoms with van der Waals surface area (Å²) in [6, 6.07) is 8.72. The second-order valence-corrected chi connectivity index (χ2v) is 10.5. The Labute approximate surface area is 197 Å². The molecule has 1 aromatic carbocycles. The van der Waals surface area contributed by atoms with Crippen LogP contribution in [0.1, 0.15) is 6.42 Å². The summed E-state index contributed by atoms with van der Waals surface area (Å²) in [7, 11) is -4.14. The van der Waals surface area contributed by atoms with Crippen molar-refractivity contribution in [2.24, 2.45) is 11.1 Å². The first-order valence-corrected chi connectivity index (χ1v) is 12.7. The van der Waals surface area contributed by atoms with Crippen LogP contribution in [0, 0.1) is 5.92 Å². The zero-order valence-electron chi connectivity index (χ0n) is 17.0. The highest BCUT2D eigenvalue weighted by Gasteiger charge is 2.42. The number of benzene rings is 1. The molecule has 0 spiro atoms. The van der Waals surface area contributed by atoms with E-state index in [2.05, 4.69) is 14.5 Å². The van der Waals surface area contributed by atoms with Gasteiger partial charge in [0, 0.05) is 44.2 Å². The summed E-state index contributed by atoms with van der Waals surface area (Å²) in [6.45, 7) is -0.319. The van der Waals surface area contributed by atoms with Gasteiger partial charge in [-0.15, -0.1) is 11.3 Å². The summed E-state index contributed by atoms with van der Waals surface area (Å²) in [5, 5.41) is 37.2. The fourth-order valence-corrected chi connectivity index (χ4v) is 5.61. The quantitative estimate of drug-likeness (QED) is 0.308. The molecule has 33 heavy (non-hydrogen) atoms. The lowest BCUT2D eigenvalue weighted by Crippen LogP contribution is -2.36. The first kappa shape index (κ1) is 22.5. The molecule has 4 unspecified atom stereocenters. The minimum absolute atomic E-state index is 0.267. The largest absolute Gasteiger partial charge is 0.390 e. The first-order valence-electron chi connectivity index (χ1n) is 10.0. The molecule has 1 aliphatic carbocycles. The number of nitrogens with two attached hydrogens (primary N) is 1. The second-order valence-electron chi connectivity index (χ2n) is 7.92. The predicted molar refractivity (Wildman–Crippen MR) is 125 cm³/mol. The van der Waals surface area contributed by atoms with Gasteiger partial charge in [-0.2, -0.15) is 18.0 Å². The number of hydrogen-bond donors (Lipinski definition) is 4. The SMILES string of the molecule is NS(=O)(=O)OCC1CC(Nc2ccnc3cc(-c4csc5ccc(Cl)cc45)nn23)C(O)C1O. The van der Waals surface area contributed by atoms with Gasteiger partial charge in [0.05, 0.1) is 24.4 Å². The minimum atomic E-state index is -4.14. The average molecular weight is 510 g/mol. The Morgan fingerprint density at radius 2 is 2.09 bits per heavy atom. The third-order valence-electron chi connectivity index (χ3n) is 5.75. The zero-order chi connectivity index (χ0) is 23.3. The van der Waals surface area contributed by atoms with Crippen LogP contribution in [-0.4, -0.2) is 58.1 Å². The molecule has 4 atom stereocenters. The molecular weight excluding hydrogens is 490 g/mol. The van der Waals surface area contributed by atoms with Crippen LogP contribution in [0.4, 0.5) is 5.82 Å². The van der Waals surface area contributed by atoms with Crippen LogP contribution in [0.3, 0.4) is 0 Å². The van der Waals surface area contributed by atoms with Gasteiger partial charge in [0.15, 0.2) is 5.65 Å². The number of thiophene rings is 1. The summed E-state index contributed by atoms with van der Waals surface area (Å²) in [5.41, 5.74) is 2.25. The highest BCUT2D eigenvalue weighted by molar-refractivity contribution is 7.84. The van der Waals surface area contributed by atoms with E-state index in [-0.39, 0.29) is 13.0 Å². The van der Waals surface area contributed by atoms with E-state index >= 15 is 0 Å². The molecule has 0 amide bonds. The van der Waals surface area contributed by atoms with Gasteiger partial charge >= 0.3 is 10.3 Å². The molecule has 174 valence electrons. The van der Waals surface area contributed by atoms with E-state index < -0.39 is 34.5 Å². The molecule has 4 aromatic rings. The third kappa shape index (κ3) is 4.43. The maximum Gasteiger partial charge on any atom is 0.333 e. The lowest BCUT2D eigenvalue weighted by Gasteiger charge is -2.19. The third-order valence-corrected chi connectivity index (χ3v) is 7.41. The predicted octanol–water partition coefficient (Wildman–Crippen LogP) is 2.01. The highest BCUT2D eigenvalue weighted by atomic mass is 35.5. The lowest BCUT2D eigenvalue weighted by molar-refractivity contribution is 0.00777. The number of anilines is 1. The summed E-state index contributed by atoms with van der Waals surface area (Å²) in [5.74, 6) is -0.0451. The minimum Gasteiger partial charge on any atom is -0.390 e. The topological polar surface area (TPSA) is 152 Å². The van der Waals surface area contributed by atoms with Gasteiger partial charge in [-0.3, -0.25) is 4.18 Å². The molecule has 0 bridgehead atoms. The number of aromatic nitrogens is 3. The molecule has 3 heterocycles. The maximum atomic E-state index is 11.1. The van der Waals surface area contributed by atoms with E-state index in [4.69, 9.17) is 21.8 Å². The van der Waals surface area contributed by atoms with Crippen molar-refractivity contribution in [3.63, 3.8) is 0 Å². The van der Waals surface area contributed by atoms with Crippen LogP contribution in [0.15, 0.2) is 41.9 Å². The molecule has 10 nitrogen and oxygen atoms in total. The van der Waals surface area contributed by atoms with Crippen LogP contribution in [-0.2, 0) is 14.5 Å². The van der Waals surface area contributed by atoms with Gasteiger partial charge in [0.25, 0.3) is 0 Å². The molecule has 13 heteroatoms. The van der Waals surface area contributed by atoms with Gasteiger partial charge in [-0.05, 0) is 30.7 Å². The number of nitrogens with one attached hydrogen (secondary N) is 1. The zero-order valence-corrected chi connectivity index (χ0v) is 19.4. The van der Waals surface area contributed by atoms with Gasteiger partial charge in [-0.1, -0.05) is 11.6 Å². The van der Waals surface area contributed by atoms with Crippen LogP contribution < -0.4 is 10.5 Å².